The van der Waals surface area contributed by atoms with Crippen LogP contribution in [-0.2, 0) is 0 Å². The fourth-order valence-corrected chi connectivity index (χ4v) is 3.59. The largest absolute Gasteiger partial charge is 0.409 e. The molecule has 0 aliphatic carbocycles. The Morgan fingerprint density at radius 1 is 0.848 bits per heavy atom. The van der Waals surface area contributed by atoms with Gasteiger partial charge in [-0.15, -0.1) is 0 Å². The van der Waals surface area contributed by atoms with Crippen LogP contribution in [0.15, 0.2) is 65.7 Å². The first-order chi connectivity index (χ1) is 15.5. The predicted molar refractivity (Wildman–Crippen MR) is 107 cm³/mol. The number of halogens is 7. The standard InChI is InChI=1S/C23H13F7N2O/c24-13-3-1-12(2-4-13)22(33)32-20(23(28,29)30)11-19(31-16-7-5-14(25)6-8-16)17-9-15(26)10-18(27)21(17)32/h1-10,20H,11H2. The summed E-state index contributed by atoms with van der Waals surface area (Å²) in [7, 11) is 0. The number of fused-ring (bicyclic) bond motifs is 1. The van der Waals surface area contributed by atoms with E-state index >= 15 is 0 Å². The van der Waals surface area contributed by atoms with E-state index < -0.39 is 53.5 Å². The summed E-state index contributed by atoms with van der Waals surface area (Å²) in [5, 5.41) is 0. The Bertz CT molecular complexity index is 1240. The summed E-state index contributed by atoms with van der Waals surface area (Å²) in [6, 6.07) is 6.72. The van der Waals surface area contributed by atoms with Crippen LogP contribution in [0.3, 0.4) is 0 Å². The predicted octanol–water partition coefficient (Wildman–Crippen LogP) is 6.35. The normalized spacial score (nSPS) is 17.2. The quantitative estimate of drug-likeness (QED) is 0.406. The molecular formula is C23H13F7N2O. The lowest BCUT2D eigenvalue weighted by Gasteiger charge is -2.38. The smallest absolute Gasteiger partial charge is 0.292 e. The lowest BCUT2D eigenvalue weighted by Crippen LogP contribution is -2.53. The number of nitrogens with zero attached hydrogens (tertiary/aromatic N) is 2. The maximum absolute atomic E-state index is 14.9. The van der Waals surface area contributed by atoms with Crippen LogP contribution in [0.1, 0.15) is 22.3 Å². The minimum absolute atomic E-state index is 0.0567. The summed E-state index contributed by atoms with van der Waals surface area (Å²) in [6.45, 7) is 0. The van der Waals surface area contributed by atoms with Gasteiger partial charge in [-0.1, -0.05) is 0 Å². The maximum Gasteiger partial charge on any atom is 0.409 e. The number of benzene rings is 3. The summed E-state index contributed by atoms with van der Waals surface area (Å²) in [4.78, 5) is 17.3. The molecule has 0 saturated heterocycles. The van der Waals surface area contributed by atoms with Crippen molar-refractivity contribution in [2.45, 2.75) is 18.6 Å². The van der Waals surface area contributed by atoms with Gasteiger partial charge in [0.1, 0.15) is 23.5 Å². The Hall–Kier alpha value is -3.69. The van der Waals surface area contributed by atoms with Crippen molar-refractivity contribution in [2.24, 2.45) is 4.99 Å². The monoisotopic (exact) mass is 466 g/mol. The Labute approximate surface area is 182 Å². The lowest BCUT2D eigenvalue weighted by molar-refractivity contribution is -0.146. The molecule has 4 rings (SSSR count). The summed E-state index contributed by atoms with van der Waals surface area (Å²) in [6.07, 6.45) is -5.93. The number of hydrogen-bond acceptors (Lipinski definition) is 2. The van der Waals surface area contributed by atoms with Crippen LogP contribution < -0.4 is 4.90 Å². The molecule has 0 saturated carbocycles. The van der Waals surface area contributed by atoms with Crippen molar-refractivity contribution in [2.75, 3.05) is 4.90 Å². The van der Waals surface area contributed by atoms with Gasteiger partial charge in [0.15, 0.2) is 5.82 Å². The Morgan fingerprint density at radius 3 is 2.00 bits per heavy atom. The highest BCUT2D eigenvalue weighted by molar-refractivity contribution is 6.16. The van der Waals surface area contributed by atoms with Crippen molar-refractivity contribution in [3.8, 4) is 0 Å². The van der Waals surface area contributed by atoms with Gasteiger partial charge >= 0.3 is 6.18 Å². The third-order valence-corrected chi connectivity index (χ3v) is 5.06. The fraction of sp³-hybridized carbons (Fsp3) is 0.130. The van der Waals surface area contributed by atoms with Crippen molar-refractivity contribution in [1.29, 1.82) is 0 Å². The molecule has 3 nitrogen and oxygen atoms in total. The van der Waals surface area contributed by atoms with Gasteiger partial charge in [-0.05, 0) is 54.6 Å². The van der Waals surface area contributed by atoms with Crippen LogP contribution >= 0.6 is 0 Å². The van der Waals surface area contributed by atoms with E-state index in [1.807, 2.05) is 0 Å². The summed E-state index contributed by atoms with van der Waals surface area (Å²) in [5.74, 6) is -5.06. The number of carbonyl (C=O) groups is 1. The van der Waals surface area contributed by atoms with E-state index in [4.69, 9.17) is 0 Å². The van der Waals surface area contributed by atoms with Crippen LogP contribution in [0.25, 0.3) is 0 Å². The van der Waals surface area contributed by atoms with Crippen LogP contribution in [0.4, 0.5) is 42.1 Å². The van der Waals surface area contributed by atoms with Crippen molar-refractivity contribution < 1.29 is 35.5 Å². The number of anilines is 1. The summed E-state index contributed by atoms with van der Waals surface area (Å²) in [5.41, 5.74) is -1.76. The van der Waals surface area contributed by atoms with Gasteiger partial charge in [-0.3, -0.25) is 14.7 Å². The van der Waals surface area contributed by atoms with Gasteiger partial charge in [-0.25, -0.2) is 17.6 Å². The summed E-state index contributed by atoms with van der Waals surface area (Å²) < 4.78 is 97.5. The van der Waals surface area contributed by atoms with Crippen molar-refractivity contribution in [3.63, 3.8) is 0 Å². The topological polar surface area (TPSA) is 32.7 Å². The Balaban J connectivity index is 1.93. The van der Waals surface area contributed by atoms with E-state index in [0.717, 1.165) is 42.5 Å². The molecule has 3 aromatic carbocycles. The van der Waals surface area contributed by atoms with Crippen LogP contribution in [-0.4, -0.2) is 23.8 Å². The number of hydrogen-bond donors (Lipinski definition) is 0. The van der Waals surface area contributed by atoms with Crippen LogP contribution in [0, 0.1) is 23.3 Å². The van der Waals surface area contributed by atoms with Gasteiger partial charge in [0, 0.05) is 23.6 Å². The van der Waals surface area contributed by atoms with Gasteiger partial charge in [0.2, 0.25) is 0 Å². The second-order valence-corrected chi connectivity index (χ2v) is 7.26. The molecule has 1 atom stereocenters. The first-order valence-electron chi connectivity index (χ1n) is 9.53. The number of alkyl halides is 3. The van der Waals surface area contributed by atoms with Gasteiger partial charge in [0.25, 0.3) is 5.91 Å². The first-order valence-corrected chi connectivity index (χ1v) is 9.53. The van der Waals surface area contributed by atoms with E-state index in [0.29, 0.717) is 6.07 Å². The zero-order valence-corrected chi connectivity index (χ0v) is 16.5. The second kappa shape index (κ2) is 8.34. The SMILES string of the molecule is O=C(c1ccc(F)cc1)N1c2c(F)cc(F)cc2C(=Nc2ccc(F)cc2)CC1C(F)(F)F. The molecule has 1 amide bonds. The molecule has 0 bridgehead atoms. The van der Waals surface area contributed by atoms with E-state index in [1.165, 1.54) is 12.1 Å². The molecule has 0 aromatic heterocycles. The second-order valence-electron chi connectivity index (χ2n) is 7.26. The molecular weight excluding hydrogens is 453 g/mol. The molecule has 1 unspecified atom stereocenters. The van der Waals surface area contributed by atoms with Crippen molar-refractivity contribution in [1.82, 2.24) is 0 Å². The van der Waals surface area contributed by atoms with E-state index in [1.54, 1.807) is 0 Å². The van der Waals surface area contributed by atoms with Crippen molar-refractivity contribution >= 4 is 23.0 Å². The van der Waals surface area contributed by atoms with Gasteiger partial charge in [0.05, 0.1) is 17.1 Å². The third-order valence-electron chi connectivity index (χ3n) is 5.06. The highest BCUT2D eigenvalue weighted by atomic mass is 19.4. The Kier molecular flexibility index (Phi) is 5.69. The fourth-order valence-electron chi connectivity index (χ4n) is 3.59. The number of amides is 1. The highest BCUT2D eigenvalue weighted by Crippen LogP contribution is 2.41. The zero-order valence-electron chi connectivity index (χ0n) is 16.5. The lowest BCUT2D eigenvalue weighted by atomic mass is 9.91. The van der Waals surface area contributed by atoms with Crippen LogP contribution in [0.2, 0.25) is 0 Å². The zero-order chi connectivity index (χ0) is 23.9. The highest BCUT2D eigenvalue weighted by Gasteiger charge is 2.51. The molecule has 33 heavy (non-hydrogen) atoms. The number of carbonyl (C=O) groups excluding carboxylic acids is 1. The molecule has 1 heterocycles. The molecule has 10 heteroatoms. The molecule has 0 fully saturated rings. The minimum Gasteiger partial charge on any atom is -0.292 e. The summed E-state index contributed by atoms with van der Waals surface area (Å²) >= 11 is 0. The molecule has 1 aliphatic heterocycles. The molecule has 170 valence electrons. The van der Waals surface area contributed by atoms with Gasteiger partial charge < -0.3 is 0 Å². The van der Waals surface area contributed by atoms with E-state index in [2.05, 4.69) is 4.99 Å². The van der Waals surface area contributed by atoms with E-state index in [9.17, 15) is 35.5 Å². The average molecular weight is 466 g/mol. The first kappa shape index (κ1) is 22.5. The van der Waals surface area contributed by atoms with Crippen molar-refractivity contribution in [3.05, 3.63) is 95.1 Å². The number of rotatable bonds is 2. The van der Waals surface area contributed by atoms with Gasteiger partial charge in [-0.2, -0.15) is 13.2 Å². The third kappa shape index (κ3) is 4.46. The Morgan fingerprint density at radius 2 is 1.42 bits per heavy atom. The molecule has 0 radical (unpaired) electrons. The van der Waals surface area contributed by atoms with Crippen LogP contribution in [0.5, 0.6) is 0 Å². The number of aliphatic imine (C=N–C) groups is 1. The minimum atomic E-state index is -5.02. The molecule has 3 aromatic rings. The average Bonchev–Trinajstić information content (AvgIpc) is 2.74. The molecule has 0 spiro atoms. The maximum atomic E-state index is 14.9. The molecule has 0 N–H and O–H groups in total. The van der Waals surface area contributed by atoms with E-state index in [-0.39, 0.29) is 27.4 Å². The molecule has 1 aliphatic rings.